The molecule has 10 heteroatoms. The molecule has 0 saturated carbocycles. The first kappa shape index (κ1) is 17.7. The van der Waals surface area contributed by atoms with Crippen LogP contribution in [-0.4, -0.2) is 65.2 Å². The summed E-state index contributed by atoms with van der Waals surface area (Å²) in [6, 6.07) is -0.578. The van der Waals surface area contributed by atoms with Crippen LogP contribution in [-0.2, 0) is 28.6 Å². The van der Waals surface area contributed by atoms with Gasteiger partial charge in [-0.2, -0.15) is 0 Å². The van der Waals surface area contributed by atoms with E-state index in [4.69, 9.17) is 14.2 Å². The molecule has 4 atom stereocenters. The molecular formula is C13H17BrN2O7. The second kappa shape index (κ2) is 7.26. The van der Waals surface area contributed by atoms with Gasteiger partial charge in [0.15, 0.2) is 0 Å². The quantitative estimate of drug-likeness (QED) is 0.525. The molecule has 0 spiro atoms. The summed E-state index contributed by atoms with van der Waals surface area (Å²) in [5.74, 6) is -1.40. The number of carbonyl (C=O) groups excluding carboxylic acids is 4. The van der Waals surface area contributed by atoms with Crippen molar-refractivity contribution < 1.29 is 33.4 Å². The zero-order chi connectivity index (χ0) is 17.1. The number of nitrogens with zero attached hydrogens (tertiary/aromatic N) is 1. The summed E-state index contributed by atoms with van der Waals surface area (Å²) < 4.78 is 15.8. The second-order valence-electron chi connectivity index (χ2n) is 5.23. The van der Waals surface area contributed by atoms with Gasteiger partial charge in [0.25, 0.3) is 0 Å². The van der Waals surface area contributed by atoms with Crippen molar-refractivity contribution in [1.82, 2.24) is 10.2 Å². The fourth-order valence-electron chi connectivity index (χ4n) is 2.42. The molecule has 0 aromatic heterocycles. The van der Waals surface area contributed by atoms with Gasteiger partial charge in [0, 0.05) is 26.8 Å². The minimum absolute atomic E-state index is 0.0874. The molecule has 2 aliphatic heterocycles. The number of urea groups is 1. The first-order valence-electron chi connectivity index (χ1n) is 6.99. The minimum atomic E-state index is -0.687. The number of ether oxygens (including phenoxy) is 3. The summed E-state index contributed by atoms with van der Waals surface area (Å²) >= 11 is 3.17. The van der Waals surface area contributed by atoms with Crippen molar-refractivity contribution in [3.05, 3.63) is 0 Å². The van der Waals surface area contributed by atoms with E-state index in [1.54, 1.807) is 0 Å². The number of alkyl halides is 1. The van der Waals surface area contributed by atoms with Gasteiger partial charge in [-0.3, -0.25) is 24.6 Å². The lowest BCUT2D eigenvalue weighted by Gasteiger charge is -2.33. The predicted octanol–water partition coefficient (Wildman–Crippen LogP) is -0.0885. The summed E-state index contributed by atoms with van der Waals surface area (Å²) in [4.78, 5) is 46.3. The molecule has 0 radical (unpaired) electrons. The van der Waals surface area contributed by atoms with Gasteiger partial charge in [0.05, 0.1) is 0 Å². The Labute approximate surface area is 140 Å². The van der Waals surface area contributed by atoms with Crippen molar-refractivity contribution in [1.29, 1.82) is 0 Å². The van der Waals surface area contributed by atoms with Crippen LogP contribution in [0.5, 0.6) is 0 Å². The Morgan fingerprint density at radius 3 is 2.65 bits per heavy atom. The zero-order valence-corrected chi connectivity index (χ0v) is 14.2. The lowest BCUT2D eigenvalue weighted by molar-refractivity contribution is -0.156. The first-order chi connectivity index (χ1) is 10.8. The topological polar surface area (TPSA) is 111 Å². The Morgan fingerprint density at radius 1 is 1.35 bits per heavy atom. The van der Waals surface area contributed by atoms with Gasteiger partial charge in [-0.25, -0.2) is 4.79 Å². The molecule has 2 saturated heterocycles. The molecule has 0 aromatic rings. The fourth-order valence-corrected chi connectivity index (χ4v) is 2.85. The lowest BCUT2D eigenvalue weighted by atomic mass is 10.1. The number of hydrogen-bond donors (Lipinski definition) is 1. The molecule has 0 aromatic carbocycles. The van der Waals surface area contributed by atoms with Gasteiger partial charge >= 0.3 is 18.0 Å². The standard InChI is InChI=1S/C13H17BrN2O7/c1-6(17)21-5-10-9(22-7(2)18)3-11(23-10)16-4-8(14)12(19)15-13(16)20/h8-11H,3-5H2,1-2H3,(H,15,19,20)/t8?,9-,10+,11+/m0/s1. The van der Waals surface area contributed by atoms with Crippen molar-refractivity contribution in [2.75, 3.05) is 13.2 Å². The Balaban J connectivity index is 2.05. The number of rotatable bonds is 4. The fraction of sp³-hybridized carbons (Fsp3) is 0.692. The zero-order valence-electron chi connectivity index (χ0n) is 12.6. The molecule has 3 amide bonds. The molecule has 0 aliphatic carbocycles. The van der Waals surface area contributed by atoms with Crippen LogP contribution in [0.1, 0.15) is 20.3 Å². The molecule has 1 N–H and O–H groups in total. The average Bonchev–Trinajstić information content (AvgIpc) is 2.82. The van der Waals surface area contributed by atoms with E-state index in [2.05, 4.69) is 21.2 Å². The van der Waals surface area contributed by atoms with Crippen LogP contribution in [0.3, 0.4) is 0 Å². The number of nitrogens with one attached hydrogen (secondary N) is 1. The number of amides is 3. The van der Waals surface area contributed by atoms with Crippen LogP contribution in [0.25, 0.3) is 0 Å². The van der Waals surface area contributed by atoms with E-state index >= 15 is 0 Å². The smallest absolute Gasteiger partial charge is 0.326 e. The van der Waals surface area contributed by atoms with E-state index in [-0.39, 0.29) is 19.6 Å². The molecule has 23 heavy (non-hydrogen) atoms. The summed E-state index contributed by atoms with van der Waals surface area (Å²) in [5, 5.41) is 2.20. The van der Waals surface area contributed by atoms with Crippen LogP contribution < -0.4 is 5.32 Å². The van der Waals surface area contributed by atoms with Crippen LogP contribution in [0.2, 0.25) is 0 Å². The number of esters is 2. The Morgan fingerprint density at radius 2 is 2.04 bits per heavy atom. The Hall–Kier alpha value is -1.68. The number of imide groups is 1. The van der Waals surface area contributed by atoms with Crippen molar-refractivity contribution in [3.63, 3.8) is 0 Å². The van der Waals surface area contributed by atoms with E-state index < -0.39 is 47.1 Å². The molecule has 0 bridgehead atoms. The second-order valence-corrected chi connectivity index (χ2v) is 6.33. The van der Waals surface area contributed by atoms with Crippen LogP contribution in [0, 0.1) is 0 Å². The summed E-state index contributed by atoms with van der Waals surface area (Å²) in [6.45, 7) is 2.56. The van der Waals surface area contributed by atoms with E-state index in [9.17, 15) is 19.2 Å². The maximum Gasteiger partial charge on any atom is 0.326 e. The van der Waals surface area contributed by atoms with Crippen LogP contribution >= 0.6 is 15.9 Å². The number of halogens is 1. The van der Waals surface area contributed by atoms with E-state index in [1.165, 1.54) is 18.7 Å². The van der Waals surface area contributed by atoms with Crippen LogP contribution in [0.4, 0.5) is 4.79 Å². The lowest BCUT2D eigenvalue weighted by Crippen LogP contribution is -2.58. The van der Waals surface area contributed by atoms with Crippen molar-refractivity contribution in [3.8, 4) is 0 Å². The first-order valence-corrected chi connectivity index (χ1v) is 7.91. The highest BCUT2D eigenvalue weighted by atomic mass is 79.9. The van der Waals surface area contributed by atoms with Gasteiger partial charge in [-0.15, -0.1) is 0 Å². The summed E-state index contributed by atoms with van der Waals surface area (Å²) in [5.41, 5.74) is 0. The highest BCUT2D eigenvalue weighted by Crippen LogP contribution is 2.28. The third-order valence-electron chi connectivity index (χ3n) is 3.43. The molecule has 2 aliphatic rings. The molecule has 9 nitrogen and oxygen atoms in total. The normalized spacial score (nSPS) is 30.8. The van der Waals surface area contributed by atoms with Gasteiger partial charge in [-0.1, -0.05) is 15.9 Å². The third kappa shape index (κ3) is 4.41. The van der Waals surface area contributed by atoms with E-state index in [1.807, 2.05) is 0 Å². The number of carbonyl (C=O) groups is 4. The maximum atomic E-state index is 11.9. The monoisotopic (exact) mass is 392 g/mol. The SMILES string of the molecule is CC(=O)OC[C@H]1O[C@@H](N2CC(Br)C(=O)NC2=O)C[C@@H]1OC(C)=O. The summed E-state index contributed by atoms with van der Waals surface area (Å²) in [6.07, 6.45) is -1.77. The maximum absolute atomic E-state index is 11.9. The van der Waals surface area contributed by atoms with Gasteiger partial charge in [-0.05, 0) is 0 Å². The van der Waals surface area contributed by atoms with Crippen molar-refractivity contribution in [2.24, 2.45) is 0 Å². The van der Waals surface area contributed by atoms with Crippen LogP contribution in [0.15, 0.2) is 0 Å². The highest BCUT2D eigenvalue weighted by molar-refractivity contribution is 9.10. The molecule has 2 rings (SSSR count). The molecule has 128 valence electrons. The largest absolute Gasteiger partial charge is 0.463 e. The Kier molecular flexibility index (Phi) is 5.58. The van der Waals surface area contributed by atoms with Crippen molar-refractivity contribution in [2.45, 2.75) is 43.5 Å². The highest BCUT2D eigenvalue weighted by Gasteiger charge is 2.45. The van der Waals surface area contributed by atoms with Crippen molar-refractivity contribution >= 4 is 39.8 Å². The molecule has 2 heterocycles. The molecule has 1 unspecified atom stereocenters. The number of hydrogen-bond acceptors (Lipinski definition) is 7. The molecular weight excluding hydrogens is 376 g/mol. The predicted molar refractivity (Wildman–Crippen MR) is 78.4 cm³/mol. The summed E-state index contributed by atoms with van der Waals surface area (Å²) in [7, 11) is 0. The molecule has 2 fully saturated rings. The Bertz CT molecular complexity index is 526. The van der Waals surface area contributed by atoms with Gasteiger partial charge < -0.3 is 14.2 Å². The van der Waals surface area contributed by atoms with E-state index in [0.29, 0.717) is 0 Å². The average molecular weight is 393 g/mol. The van der Waals surface area contributed by atoms with E-state index in [0.717, 1.165) is 0 Å². The van der Waals surface area contributed by atoms with Gasteiger partial charge in [0.1, 0.15) is 29.9 Å². The minimum Gasteiger partial charge on any atom is -0.463 e. The van der Waals surface area contributed by atoms with Gasteiger partial charge in [0.2, 0.25) is 5.91 Å². The third-order valence-corrected chi connectivity index (χ3v) is 4.13.